The Balaban J connectivity index is 1.86. The van der Waals surface area contributed by atoms with E-state index in [0.29, 0.717) is 12.4 Å². The molecule has 1 amide bonds. The second kappa shape index (κ2) is 5.55. The highest BCUT2D eigenvalue weighted by Gasteiger charge is 2.29. The van der Waals surface area contributed by atoms with Crippen LogP contribution >= 0.6 is 0 Å². The van der Waals surface area contributed by atoms with Gasteiger partial charge in [-0.25, -0.2) is 4.98 Å². The number of imidazole rings is 1. The van der Waals surface area contributed by atoms with Crippen LogP contribution in [-0.4, -0.2) is 28.5 Å². The number of carbonyl (C=O) groups is 2. The Morgan fingerprint density at radius 1 is 1.38 bits per heavy atom. The van der Waals surface area contributed by atoms with E-state index in [-0.39, 0.29) is 24.3 Å². The minimum atomic E-state index is -0.340. The van der Waals surface area contributed by atoms with Crippen molar-refractivity contribution in [3.8, 4) is 0 Å². The van der Waals surface area contributed by atoms with Crippen LogP contribution in [0.25, 0.3) is 11.0 Å². The predicted octanol–water partition coefficient (Wildman–Crippen LogP) is 1.24. The zero-order valence-corrected chi connectivity index (χ0v) is 11.8. The summed E-state index contributed by atoms with van der Waals surface area (Å²) in [6.45, 7) is 0.409. The van der Waals surface area contributed by atoms with E-state index in [4.69, 9.17) is 4.74 Å². The molecule has 1 N–H and O–H groups in total. The van der Waals surface area contributed by atoms with Gasteiger partial charge in [-0.1, -0.05) is 12.1 Å². The predicted molar refractivity (Wildman–Crippen MR) is 76.3 cm³/mol. The molecule has 2 aromatic rings. The van der Waals surface area contributed by atoms with E-state index in [0.717, 1.165) is 23.9 Å². The molecule has 6 heteroatoms. The Morgan fingerprint density at radius 2 is 2.14 bits per heavy atom. The van der Waals surface area contributed by atoms with Crippen LogP contribution in [0.5, 0.6) is 0 Å². The van der Waals surface area contributed by atoms with Gasteiger partial charge in [0.1, 0.15) is 12.4 Å². The topological polar surface area (TPSA) is 73.2 Å². The maximum Gasteiger partial charge on any atom is 0.325 e. The first-order valence-electron chi connectivity index (χ1n) is 6.97. The number of rotatable bonds is 5. The summed E-state index contributed by atoms with van der Waals surface area (Å²) in [5.41, 5.74) is 1.66. The Bertz CT molecular complexity index is 689. The number of nitrogens with zero attached hydrogens (tertiary/aromatic N) is 2. The molecular weight excluding hydrogens is 270 g/mol. The summed E-state index contributed by atoms with van der Waals surface area (Å²) in [4.78, 5) is 27.8. The van der Waals surface area contributed by atoms with E-state index in [1.54, 1.807) is 4.57 Å². The number of hydrogen-bond acceptors (Lipinski definition) is 4. The molecule has 6 nitrogen and oxygen atoms in total. The second-order valence-electron chi connectivity index (χ2n) is 5.17. The van der Waals surface area contributed by atoms with Gasteiger partial charge in [0.2, 0.25) is 5.91 Å². The maximum atomic E-state index is 11.7. The molecule has 1 saturated carbocycles. The van der Waals surface area contributed by atoms with Crippen molar-refractivity contribution >= 4 is 22.9 Å². The van der Waals surface area contributed by atoms with Gasteiger partial charge in [0.15, 0.2) is 0 Å². The molecule has 110 valence electrons. The van der Waals surface area contributed by atoms with Crippen molar-refractivity contribution in [3.05, 3.63) is 30.1 Å². The number of fused-ring (bicyclic) bond motifs is 1. The lowest BCUT2D eigenvalue weighted by Crippen LogP contribution is -2.26. The SMILES string of the molecule is COC(=O)Cn1c(CNC(=O)C2CC2)nc2ccccc21. The molecule has 1 aliphatic rings. The summed E-state index contributed by atoms with van der Waals surface area (Å²) in [6.07, 6.45) is 1.93. The Hall–Kier alpha value is -2.37. The molecule has 0 aliphatic heterocycles. The molecule has 0 spiro atoms. The minimum Gasteiger partial charge on any atom is -0.468 e. The molecule has 1 aromatic heterocycles. The van der Waals surface area contributed by atoms with Crippen LogP contribution < -0.4 is 5.32 Å². The summed E-state index contributed by atoms with van der Waals surface area (Å²) < 4.78 is 6.51. The highest BCUT2D eigenvalue weighted by molar-refractivity contribution is 5.81. The zero-order chi connectivity index (χ0) is 14.8. The van der Waals surface area contributed by atoms with Gasteiger partial charge in [0.05, 0.1) is 24.7 Å². The van der Waals surface area contributed by atoms with Crippen molar-refractivity contribution in [2.45, 2.75) is 25.9 Å². The van der Waals surface area contributed by atoms with E-state index in [1.807, 2.05) is 24.3 Å². The molecule has 0 unspecified atom stereocenters. The van der Waals surface area contributed by atoms with Crippen molar-refractivity contribution in [3.63, 3.8) is 0 Å². The summed E-state index contributed by atoms with van der Waals surface area (Å²) in [6, 6.07) is 7.57. The number of para-hydroxylation sites is 2. The number of aromatic nitrogens is 2. The first-order chi connectivity index (χ1) is 10.2. The largest absolute Gasteiger partial charge is 0.468 e. The molecule has 1 aromatic carbocycles. The summed E-state index contributed by atoms with van der Waals surface area (Å²) >= 11 is 0. The van der Waals surface area contributed by atoms with Gasteiger partial charge in [-0.3, -0.25) is 9.59 Å². The number of amides is 1. The number of esters is 1. The number of ether oxygens (including phenoxy) is 1. The molecule has 1 heterocycles. The number of methoxy groups -OCH3 is 1. The molecule has 1 fully saturated rings. The fourth-order valence-electron chi connectivity index (χ4n) is 2.29. The van der Waals surface area contributed by atoms with Crippen molar-refractivity contribution in [2.75, 3.05) is 7.11 Å². The van der Waals surface area contributed by atoms with Crippen LogP contribution in [0.3, 0.4) is 0 Å². The van der Waals surface area contributed by atoms with Crippen LogP contribution in [0.2, 0.25) is 0 Å². The van der Waals surface area contributed by atoms with E-state index >= 15 is 0 Å². The van der Waals surface area contributed by atoms with Crippen LogP contribution in [0.1, 0.15) is 18.7 Å². The Kier molecular flexibility index (Phi) is 3.60. The van der Waals surface area contributed by atoms with Crippen LogP contribution in [0.4, 0.5) is 0 Å². The van der Waals surface area contributed by atoms with Gasteiger partial charge in [-0.2, -0.15) is 0 Å². The van der Waals surface area contributed by atoms with E-state index in [1.165, 1.54) is 7.11 Å². The molecule has 0 bridgehead atoms. The highest BCUT2D eigenvalue weighted by atomic mass is 16.5. The maximum absolute atomic E-state index is 11.7. The zero-order valence-electron chi connectivity index (χ0n) is 11.8. The monoisotopic (exact) mass is 287 g/mol. The summed E-state index contributed by atoms with van der Waals surface area (Å²) in [7, 11) is 1.36. The highest BCUT2D eigenvalue weighted by Crippen LogP contribution is 2.28. The van der Waals surface area contributed by atoms with Crippen molar-refractivity contribution in [1.29, 1.82) is 0 Å². The molecule has 0 atom stereocenters. The Morgan fingerprint density at radius 3 is 2.86 bits per heavy atom. The molecule has 21 heavy (non-hydrogen) atoms. The number of nitrogens with one attached hydrogen (secondary N) is 1. The molecule has 3 rings (SSSR count). The van der Waals surface area contributed by atoms with E-state index < -0.39 is 0 Å². The van der Waals surface area contributed by atoms with Gasteiger partial charge in [-0.15, -0.1) is 0 Å². The third-order valence-corrected chi connectivity index (χ3v) is 3.62. The summed E-state index contributed by atoms with van der Waals surface area (Å²) in [5.74, 6) is 0.540. The molecular formula is C15H17N3O3. The first-order valence-corrected chi connectivity index (χ1v) is 6.97. The van der Waals surface area contributed by atoms with E-state index in [2.05, 4.69) is 10.3 Å². The third kappa shape index (κ3) is 2.89. The molecule has 1 aliphatic carbocycles. The van der Waals surface area contributed by atoms with Crippen molar-refractivity contribution in [2.24, 2.45) is 5.92 Å². The minimum absolute atomic E-state index is 0.0617. The van der Waals surface area contributed by atoms with Crippen LogP contribution in [0, 0.1) is 5.92 Å². The lowest BCUT2D eigenvalue weighted by atomic mass is 10.3. The van der Waals surface area contributed by atoms with Gasteiger partial charge in [0, 0.05) is 5.92 Å². The first kappa shape index (κ1) is 13.6. The standard InChI is InChI=1S/C15H17N3O3/c1-21-14(19)9-18-12-5-3-2-4-11(12)17-13(18)8-16-15(20)10-6-7-10/h2-5,10H,6-9H2,1H3,(H,16,20). The number of benzene rings is 1. The van der Waals surface area contributed by atoms with Gasteiger partial charge >= 0.3 is 5.97 Å². The van der Waals surface area contributed by atoms with Crippen LogP contribution in [0.15, 0.2) is 24.3 Å². The third-order valence-electron chi connectivity index (χ3n) is 3.62. The van der Waals surface area contributed by atoms with Gasteiger partial charge in [0.25, 0.3) is 0 Å². The van der Waals surface area contributed by atoms with Gasteiger partial charge in [-0.05, 0) is 25.0 Å². The second-order valence-corrected chi connectivity index (χ2v) is 5.17. The number of carbonyl (C=O) groups excluding carboxylic acids is 2. The quantitative estimate of drug-likeness (QED) is 0.840. The molecule has 0 radical (unpaired) electrons. The van der Waals surface area contributed by atoms with Crippen LogP contribution in [-0.2, 0) is 27.4 Å². The Labute approximate surface area is 122 Å². The molecule has 0 saturated heterocycles. The van der Waals surface area contributed by atoms with E-state index in [9.17, 15) is 9.59 Å². The lowest BCUT2D eigenvalue weighted by molar-refractivity contribution is -0.141. The lowest BCUT2D eigenvalue weighted by Gasteiger charge is -2.08. The van der Waals surface area contributed by atoms with Gasteiger partial charge < -0.3 is 14.6 Å². The fourth-order valence-corrected chi connectivity index (χ4v) is 2.29. The smallest absolute Gasteiger partial charge is 0.325 e. The average Bonchev–Trinajstić information content (AvgIpc) is 3.29. The number of hydrogen-bond donors (Lipinski definition) is 1. The average molecular weight is 287 g/mol. The van der Waals surface area contributed by atoms with Crippen molar-refractivity contribution < 1.29 is 14.3 Å². The fraction of sp³-hybridized carbons (Fsp3) is 0.400. The normalized spacial score (nSPS) is 14.1. The summed E-state index contributed by atoms with van der Waals surface area (Å²) in [5, 5.41) is 2.88. The van der Waals surface area contributed by atoms with Crippen molar-refractivity contribution in [1.82, 2.24) is 14.9 Å².